The van der Waals surface area contributed by atoms with Crippen LogP contribution in [0.25, 0.3) is 0 Å². The van der Waals surface area contributed by atoms with E-state index < -0.39 is 0 Å². The number of benzene rings is 1. The fourth-order valence-corrected chi connectivity index (χ4v) is 2.63. The van der Waals surface area contributed by atoms with Crippen molar-refractivity contribution in [2.75, 3.05) is 6.61 Å². The fourth-order valence-electron chi connectivity index (χ4n) is 2.63. The van der Waals surface area contributed by atoms with Crippen molar-refractivity contribution in [3.63, 3.8) is 0 Å². The lowest BCUT2D eigenvalue weighted by molar-refractivity contribution is -0.137. The zero-order valence-corrected chi connectivity index (χ0v) is 14.4. The van der Waals surface area contributed by atoms with E-state index in [0.29, 0.717) is 5.92 Å². The maximum atomic E-state index is 12.4. The predicted molar refractivity (Wildman–Crippen MR) is 87.9 cm³/mol. The molecule has 0 atom stereocenters. The van der Waals surface area contributed by atoms with Crippen LogP contribution < -0.4 is 4.74 Å². The fraction of sp³-hybridized carbons (Fsp3) is 0.611. The summed E-state index contributed by atoms with van der Waals surface area (Å²) in [5.74, 6) is 1.24. The molecule has 118 valence electrons. The highest BCUT2D eigenvalue weighted by atomic mass is 16.5. The smallest absolute Gasteiger partial charge is 0.260 e. The number of hydrogen-bond donors (Lipinski definition) is 0. The summed E-state index contributed by atoms with van der Waals surface area (Å²) >= 11 is 0. The summed E-state index contributed by atoms with van der Waals surface area (Å²) in [6, 6.07) is 6.55. The lowest BCUT2D eigenvalue weighted by Crippen LogP contribution is -2.44. The van der Waals surface area contributed by atoms with Gasteiger partial charge in [0.05, 0.1) is 0 Å². The molecule has 0 saturated carbocycles. The summed E-state index contributed by atoms with van der Waals surface area (Å²) in [5, 5.41) is 0. The van der Waals surface area contributed by atoms with Gasteiger partial charge in [-0.25, -0.2) is 0 Å². The Balaban J connectivity index is 2.83. The normalized spacial score (nSPS) is 11.3. The number of nitrogens with zero attached hydrogens (tertiary/aromatic N) is 1. The summed E-state index contributed by atoms with van der Waals surface area (Å²) in [4.78, 5) is 14.2. The molecule has 0 spiro atoms. The first kappa shape index (κ1) is 17.5. The van der Waals surface area contributed by atoms with E-state index >= 15 is 0 Å². The van der Waals surface area contributed by atoms with Crippen molar-refractivity contribution >= 4 is 5.91 Å². The Morgan fingerprint density at radius 3 is 2.14 bits per heavy atom. The highest BCUT2D eigenvalue weighted by Gasteiger charge is 2.21. The Kier molecular flexibility index (Phi) is 6.25. The minimum atomic E-state index is 0.0382. The van der Waals surface area contributed by atoms with E-state index in [0.717, 1.165) is 16.9 Å². The molecule has 1 aromatic rings. The van der Waals surface area contributed by atoms with Crippen LogP contribution in [0.4, 0.5) is 0 Å². The summed E-state index contributed by atoms with van der Waals surface area (Å²) in [5.41, 5.74) is 2.29. The molecule has 0 aliphatic rings. The first-order valence-corrected chi connectivity index (χ1v) is 7.78. The van der Waals surface area contributed by atoms with Crippen LogP contribution in [-0.2, 0) is 4.79 Å². The molecule has 0 heterocycles. The molecule has 1 rings (SSSR count). The van der Waals surface area contributed by atoms with Gasteiger partial charge in [-0.15, -0.1) is 0 Å². The molecule has 21 heavy (non-hydrogen) atoms. The minimum absolute atomic E-state index is 0.0382. The minimum Gasteiger partial charge on any atom is -0.483 e. The van der Waals surface area contributed by atoms with Crippen LogP contribution >= 0.6 is 0 Å². The predicted octanol–water partition coefficient (Wildman–Crippen LogP) is 4.14. The Morgan fingerprint density at radius 1 is 1.10 bits per heavy atom. The third kappa shape index (κ3) is 4.76. The number of ether oxygens (including phenoxy) is 1. The van der Waals surface area contributed by atoms with Crippen molar-refractivity contribution in [1.29, 1.82) is 0 Å². The first-order valence-electron chi connectivity index (χ1n) is 7.78. The maximum Gasteiger partial charge on any atom is 0.260 e. The van der Waals surface area contributed by atoms with Gasteiger partial charge in [-0.2, -0.15) is 0 Å². The summed E-state index contributed by atoms with van der Waals surface area (Å²) in [6.07, 6.45) is 0. The quantitative estimate of drug-likeness (QED) is 0.788. The zero-order valence-electron chi connectivity index (χ0n) is 14.4. The van der Waals surface area contributed by atoms with Crippen molar-refractivity contribution in [2.24, 2.45) is 0 Å². The number of rotatable bonds is 6. The molecule has 0 aliphatic heterocycles. The van der Waals surface area contributed by atoms with Crippen molar-refractivity contribution < 1.29 is 9.53 Å². The van der Waals surface area contributed by atoms with Crippen molar-refractivity contribution in [1.82, 2.24) is 4.90 Å². The van der Waals surface area contributed by atoms with Gasteiger partial charge in [0.1, 0.15) is 5.75 Å². The number of hydrogen-bond acceptors (Lipinski definition) is 2. The van der Waals surface area contributed by atoms with Crippen LogP contribution in [0, 0.1) is 6.92 Å². The van der Waals surface area contributed by atoms with Gasteiger partial charge < -0.3 is 9.64 Å². The monoisotopic (exact) mass is 291 g/mol. The van der Waals surface area contributed by atoms with Crippen LogP contribution in [0.2, 0.25) is 0 Å². The number of aryl methyl sites for hydroxylation is 1. The molecule has 1 amide bonds. The van der Waals surface area contributed by atoms with Crippen LogP contribution in [0.3, 0.4) is 0 Å². The largest absolute Gasteiger partial charge is 0.483 e. The molecule has 0 saturated heterocycles. The van der Waals surface area contributed by atoms with Gasteiger partial charge in [-0.1, -0.05) is 26.0 Å². The second kappa shape index (κ2) is 7.48. The molecule has 0 bridgehead atoms. The molecule has 1 aromatic carbocycles. The zero-order chi connectivity index (χ0) is 16.2. The first-order chi connectivity index (χ1) is 9.73. The van der Waals surface area contributed by atoms with Crippen LogP contribution in [0.1, 0.15) is 58.6 Å². The van der Waals surface area contributed by atoms with Gasteiger partial charge in [0.2, 0.25) is 0 Å². The van der Waals surface area contributed by atoms with Crippen LogP contribution in [0.15, 0.2) is 18.2 Å². The Labute approximate surface area is 129 Å². The van der Waals surface area contributed by atoms with Gasteiger partial charge in [-0.05, 0) is 57.7 Å². The Morgan fingerprint density at radius 2 is 1.67 bits per heavy atom. The molecular weight excluding hydrogens is 262 g/mol. The lowest BCUT2D eigenvalue weighted by atomic mass is 10.0. The van der Waals surface area contributed by atoms with Crippen molar-refractivity contribution in [3.05, 3.63) is 29.3 Å². The third-order valence-corrected chi connectivity index (χ3v) is 3.54. The topological polar surface area (TPSA) is 29.5 Å². The summed E-state index contributed by atoms with van der Waals surface area (Å²) in [7, 11) is 0. The van der Waals surface area contributed by atoms with E-state index in [9.17, 15) is 4.79 Å². The molecule has 0 radical (unpaired) electrons. The second-order valence-electron chi connectivity index (χ2n) is 6.47. The van der Waals surface area contributed by atoms with Crippen molar-refractivity contribution in [2.45, 2.75) is 66.5 Å². The SMILES string of the molecule is Cc1ccc(C(C)C)c(OCC(=O)N(C(C)C)C(C)C)c1. The van der Waals surface area contributed by atoms with E-state index in [1.807, 2.05) is 45.6 Å². The summed E-state index contributed by atoms with van der Waals surface area (Å²) < 4.78 is 5.83. The van der Waals surface area contributed by atoms with Gasteiger partial charge in [0.15, 0.2) is 6.61 Å². The average Bonchev–Trinajstić information content (AvgIpc) is 2.35. The third-order valence-electron chi connectivity index (χ3n) is 3.54. The average molecular weight is 291 g/mol. The highest BCUT2D eigenvalue weighted by Crippen LogP contribution is 2.27. The van der Waals surface area contributed by atoms with Crippen LogP contribution in [0.5, 0.6) is 5.75 Å². The lowest BCUT2D eigenvalue weighted by Gasteiger charge is -2.30. The van der Waals surface area contributed by atoms with E-state index in [1.165, 1.54) is 0 Å². The van der Waals surface area contributed by atoms with Crippen molar-refractivity contribution in [3.8, 4) is 5.75 Å². The molecule has 0 aromatic heterocycles. The molecular formula is C18H29NO2. The molecule has 3 heteroatoms. The number of carbonyl (C=O) groups excluding carboxylic acids is 1. The molecule has 0 N–H and O–H groups in total. The molecule has 0 fully saturated rings. The van der Waals surface area contributed by atoms with Gasteiger partial charge >= 0.3 is 0 Å². The van der Waals surface area contributed by atoms with E-state index in [4.69, 9.17) is 4.74 Å². The number of amides is 1. The van der Waals surface area contributed by atoms with Gasteiger partial charge in [0.25, 0.3) is 5.91 Å². The molecule has 0 aliphatic carbocycles. The Hall–Kier alpha value is -1.51. The van der Waals surface area contributed by atoms with Crippen LogP contribution in [-0.4, -0.2) is 29.5 Å². The standard InChI is InChI=1S/C18H29NO2/c1-12(2)16-9-8-15(7)10-17(16)21-11-18(20)19(13(3)4)14(5)6/h8-10,12-14H,11H2,1-7H3. The van der Waals surface area contributed by atoms with Gasteiger partial charge in [0, 0.05) is 12.1 Å². The molecule has 3 nitrogen and oxygen atoms in total. The Bertz CT molecular complexity index is 470. The summed E-state index contributed by atoms with van der Waals surface area (Å²) in [6.45, 7) is 14.5. The number of carbonyl (C=O) groups is 1. The highest BCUT2D eigenvalue weighted by molar-refractivity contribution is 5.78. The van der Waals surface area contributed by atoms with Gasteiger partial charge in [-0.3, -0.25) is 4.79 Å². The second-order valence-corrected chi connectivity index (χ2v) is 6.47. The maximum absolute atomic E-state index is 12.4. The van der Waals surface area contributed by atoms with E-state index in [1.54, 1.807) is 0 Å². The van der Waals surface area contributed by atoms with E-state index in [-0.39, 0.29) is 24.6 Å². The van der Waals surface area contributed by atoms with E-state index in [2.05, 4.69) is 26.0 Å². The molecule has 0 unspecified atom stereocenters.